The van der Waals surface area contributed by atoms with E-state index in [-0.39, 0.29) is 39.3 Å². The van der Waals surface area contributed by atoms with Gasteiger partial charge in [0.15, 0.2) is 16.7 Å². The number of halogens is 2. The van der Waals surface area contributed by atoms with Crippen LogP contribution in [0, 0.1) is 11.6 Å². The fourth-order valence-corrected chi connectivity index (χ4v) is 5.15. The molecular weight excluding hydrogens is 594 g/mol. The first-order valence-electron chi connectivity index (χ1n) is 13.5. The number of benzene rings is 2. The number of rotatable bonds is 10. The highest BCUT2D eigenvalue weighted by Crippen LogP contribution is 2.22. The fourth-order valence-electron chi connectivity index (χ4n) is 3.97. The molecule has 0 bridgehead atoms. The molecule has 4 rings (SSSR count). The van der Waals surface area contributed by atoms with E-state index < -0.39 is 28.2 Å². The minimum Gasteiger partial charge on any atom is -0.383 e. The van der Waals surface area contributed by atoms with E-state index >= 15 is 0 Å². The molecule has 2 aromatic carbocycles. The van der Waals surface area contributed by atoms with Crippen LogP contribution in [0.15, 0.2) is 59.1 Å². The van der Waals surface area contributed by atoms with Gasteiger partial charge in [0.05, 0.1) is 21.9 Å². The van der Waals surface area contributed by atoms with Crippen molar-refractivity contribution < 1.29 is 22.6 Å². The van der Waals surface area contributed by atoms with Crippen LogP contribution in [0.5, 0.6) is 0 Å². The van der Waals surface area contributed by atoms with Gasteiger partial charge in [-0.15, -0.1) is 0 Å². The lowest BCUT2D eigenvalue weighted by atomic mass is 9.98. The molecule has 2 heterocycles. The monoisotopic (exact) mass is 626 g/mol. The third kappa shape index (κ3) is 8.26. The SMILES string of the molecule is CCSc1ncc(C(=O)c2cc(F)ccc2CC)c(N)n1.CCc1ccc(F)cc1C(=O)c1cnc(S(=O)CC)nc1N. The predicted octanol–water partition coefficient (Wildman–Crippen LogP) is 5.22. The molecule has 1 atom stereocenters. The summed E-state index contributed by atoms with van der Waals surface area (Å²) in [5.74, 6) is -0.496. The summed E-state index contributed by atoms with van der Waals surface area (Å²) < 4.78 is 38.5. The normalized spacial score (nSPS) is 11.4. The van der Waals surface area contributed by atoms with Crippen molar-refractivity contribution in [2.75, 3.05) is 23.0 Å². The number of hydrogen-bond acceptors (Lipinski definition) is 10. The number of thioether (sulfide) groups is 1. The predicted molar refractivity (Wildman–Crippen MR) is 165 cm³/mol. The molecular formula is C30H32F2N6O3S2. The molecule has 9 nitrogen and oxygen atoms in total. The van der Waals surface area contributed by atoms with Gasteiger partial charge in [-0.05, 0) is 54.0 Å². The summed E-state index contributed by atoms with van der Waals surface area (Å²) in [5, 5.41) is 0.619. The van der Waals surface area contributed by atoms with E-state index in [0.717, 1.165) is 11.3 Å². The lowest BCUT2D eigenvalue weighted by Crippen LogP contribution is -2.13. The van der Waals surface area contributed by atoms with Gasteiger partial charge >= 0.3 is 0 Å². The third-order valence-corrected chi connectivity index (χ3v) is 8.09. The topological polar surface area (TPSA) is 155 Å². The van der Waals surface area contributed by atoms with Crippen LogP contribution in [-0.4, -0.2) is 47.2 Å². The minimum atomic E-state index is -1.35. The summed E-state index contributed by atoms with van der Waals surface area (Å²) in [7, 11) is -1.35. The number of anilines is 2. The van der Waals surface area contributed by atoms with Crippen molar-refractivity contribution in [3.8, 4) is 0 Å². The van der Waals surface area contributed by atoms with Crippen LogP contribution in [0.3, 0.4) is 0 Å². The smallest absolute Gasteiger partial charge is 0.220 e. The van der Waals surface area contributed by atoms with E-state index in [1.54, 1.807) is 19.1 Å². The van der Waals surface area contributed by atoms with Crippen LogP contribution in [0.4, 0.5) is 20.4 Å². The summed E-state index contributed by atoms with van der Waals surface area (Å²) in [6.45, 7) is 7.49. The Kier molecular flexibility index (Phi) is 12.0. The average Bonchev–Trinajstić information content (AvgIpc) is 3.00. The van der Waals surface area contributed by atoms with Crippen molar-refractivity contribution in [2.45, 2.75) is 50.8 Å². The molecule has 0 saturated carbocycles. The maximum Gasteiger partial charge on any atom is 0.220 e. The highest BCUT2D eigenvalue weighted by Gasteiger charge is 2.20. The van der Waals surface area contributed by atoms with Crippen LogP contribution in [0.2, 0.25) is 0 Å². The molecule has 0 amide bonds. The number of aryl methyl sites for hydroxylation is 2. The number of nitrogens with zero attached hydrogens (tertiary/aromatic N) is 4. The van der Waals surface area contributed by atoms with Gasteiger partial charge in [0, 0.05) is 29.3 Å². The minimum absolute atomic E-state index is 0.0527. The number of nitrogen functional groups attached to an aromatic ring is 2. The number of carbonyl (C=O) groups excluding carboxylic acids is 2. The Morgan fingerprint density at radius 2 is 1.26 bits per heavy atom. The van der Waals surface area contributed by atoms with Crippen LogP contribution in [0.1, 0.15) is 70.7 Å². The molecule has 0 aliphatic carbocycles. The van der Waals surface area contributed by atoms with E-state index in [9.17, 15) is 22.6 Å². The van der Waals surface area contributed by atoms with E-state index in [1.165, 1.54) is 48.4 Å². The third-order valence-electron chi connectivity index (χ3n) is 6.22. The lowest BCUT2D eigenvalue weighted by molar-refractivity contribution is 0.102. The Bertz CT molecular complexity index is 1670. The molecule has 0 aliphatic rings. The molecule has 0 fully saturated rings. The number of ketones is 2. The molecule has 4 aromatic rings. The number of aromatic nitrogens is 4. The lowest BCUT2D eigenvalue weighted by Gasteiger charge is -2.09. The van der Waals surface area contributed by atoms with Gasteiger partial charge in [0.2, 0.25) is 5.16 Å². The maximum atomic E-state index is 13.4. The van der Waals surface area contributed by atoms with Gasteiger partial charge in [-0.3, -0.25) is 13.8 Å². The van der Waals surface area contributed by atoms with E-state index in [4.69, 9.17) is 11.5 Å². The van der Waals surface area contributed by atoms with Gasteiger partial charge in [0.25, 0.3) is 0 Å². The van der Waals surface area contributed by atoms with Crippen LogP contribution in [-0.2, 0) is 23.6 Å². The molecule has 0 aliphatic heterocycles. The maximum absolute atomic E-state index is 13.4. The highest BCUT2D eigenvalue weighted by molar-refractivity contribution is 7.99. The second-order valence-corrected chi connectivity index (χ2v) is 11.8. The Labute approximate surface area is 255 Å². The number of hydrogen-bond donors (Lipinski definition) is 2. The summed E-state index contributed by atoms with van der Waals surface area (Å²) in [4.78, 5) is 41.1. The molecule has 13 heteroatoms. The second-order valence-electron chi connectivity index (χ2n) is 8.94. The van der Waals surface area contributed by atoms with Crippen molar-refractivity contribution in [2.24, 2.45) is 0 Å². The Morgan fingerprint density at radius 3 is 1.67 bits per heavy atom. The Morgan fingerprint density at radius 1 is 0.767 bits per heavy atom. The van der Waals surface area contributed by atoms with Crippen molar-refractivity contribution in [1.29, 1.82) is 0 Å². The van der Waals surface area contributed by atoms with Crippen molar-refractivity contribution in [3.05, 3.63) is 93.8 Å². The van der Waals surface area contributed by atoms with Gasteiger partial charge in [0.1, 0.15) is 23.3 Å². The van der Waals surface area contributed by atoms with Crippen LogP contribution < -0.4 is 11.5 Å². The van der Waals surface area contributed by atoms with Gasteiger partial charge < -0.3 is 11.5 Å². The zero-order valence-electron chi connectivity index (χ0n) is 24.2. The first kappa shape index (κ1) is 33.4. The number of nitrogens with two attached hydrogens (primary N) is 2. The summed E-state index contributed by atoms with van der Waals surface area (Å²) in [5.41, 5.74) is 13.9. The van der Waals surface area contributed by atoms with Crippen molar-refractivity contribution in [1.82, 2.24) is 19.9 Å². The Balaban J connectivity index is 0.000000236. The van der Waals surface area contributed by atoms with Crippen molar-refractivity contribution in [3.63, 3.8) is 0 Å². The molecule has 4 N–H and O–H groups in total. The second kappa shape index (κ2) is 15.4. The summed E-state index contributed by atoms with van der Waals surface area (Å²) in [6, 6.07) is 8.24. The Hall–Kier alpha value is -4.10. The first-order valence-corrected chi connectivity index (χ1v) is 15.8. The fraction of sp³-hybridized carbons (Fsp3) is 0.267. The standard InChI is InChI=1S/C15H16FN3O2S.C15H16FN3OS/c1-3-9-5-6-10(16)7-11(9)13(20)12-8-18-15(19-14(12)17)22(21)4-2;1-3-9-5-6-10(16)7-11(9)13(20)12-8-18-15(21-4-2)19-14(12)17/h5-8H,3-4H2,1-2H3,(H2,17,18,19);5-8H,3-4H2,1-2H3,(H2,17,18,19). The van der Waals surface area contributed by atoms with Crippen molar-refractivity contribution >= 4 is 45.8 Å². The molecule has 226 valence electrons. The van der Waals surface area contributed by atoms with E-state index in [1.807, 2.05) is 20.8 Å². The summed E-state index contributed by atoms with van der Waals surface area (Å²) in [6.07, 6.45) is 3.87. The first-order chi connectivity index (χ1) is 20.5. The van der Waals surface area contributed by atoms with Gasteiger partial charge in [-0.1, -0.05) is 51.6 Å². The van der Waals surface area contributed by atoms with Crippen LogP contribution >= 0.6 is 11.8 Å². The summed E-state index contributed by atoms with van der Waals surface area (Å²) >= 11 is 1.44. The van der Waals surface area contributed by atoms with Gasteiger partial charge in [-0.2, -0.15) is 0 Å². The quantitative estimate of drug-likeness (QED) is 0.136. The zero-order valence-corrected chi connectivity index (χ0v) is 25.8. The van der Waals surface area contributed by atoms with Crippen LogP contribution in [0.25, 0.3) is 0 Å². The number of carbonyl (C=O) groups is 2. The molecule has 2 aromatic heterocycles. The average molecular weight is 627 g/mol. The zero-order chi connectivity index (χ0) is 31.7. The van der Waals surface area contributed by atoms with Gasteiger partial charge in [-0.25, -0.2) is 28.7 Å². The van der Waals surface area contributed by atoms with E-state index in [2.05, 4.69) is 19.9 Å². The molecule has 43 heavy (non-hydrogen) atoms. The molecule has 1 unspecified atom stereocenters. The molecule has 0 saturated heterocycles. The van der Waals surface area contributed by atoms with E-state index in [0.29, 0.717) is 34.9 Å². The largest absolute Gasteiger partial charge is 0.383 e. The molecule has 0 radical (unpaired) electrons. The molecule has 0 spiro atoms. The highest BCUT2D eigenvalue weighted by atomic mass is 32.2.